The van der Waals surface area contributed by atoms with Gasteiger partial charge < -0.3 is 9.72 Å². The minimum atomic E-state index is -0.301. The number of aromatic nitrogens is 2. The van der Waals surface area contributed by atoms with E-state index in [0.717, 1.165) is 37.0 Å². The standard InChI is InChI=1S/C19H22FN3O/c20-15-1-2-17-21-16(11-23(17)10-15)6-18(24)22-19-7-12-3-13(8-19)5-14(4-12)9-19/h1-2,10-14H,3-9H2,(H,22,24). The monoisotopic (exact) mass is 327 g/mol. The summed E-state index contributed by atoms with van der Waals surface area (Å²) in [5.74, 6) is 2.20. The van der Waals surface area contributed by atoms with E-state index in [9.17, 15) is 9.18 Å². The molecule has 0 aromatic carbocycles. The normalized spacial score (nSPS) is 34.0. The van der Waals surface area contributed by atoms with Crippen molar-refractivity contribution < 1.29 is 9.18 Å². The Bertz CT molecular complexity index is 777. The number of pyridine rings is 1. The van der Waals surface area contributed by atoms with E-state index in [1.165, 1.54) is 31.5 Å². The lowest BCUT2D eigenvalue weighted by molar-refractivity contribution is -0.126. The smallest absolute Gasteiger partial charge is 0.226 e. The topological polar surface area (TPSA) is 46.4 Å². The summed E-state index contributed by atoms with van der Waals surface area (Å²) in [6, 6.07) is 3.03. The highest BCUT2D eigenvalue weighted by Crippen LogP contribution is 2.55. The minimum Gasteiger partial charge on any atom is -0.350 e. The lowest BCUT2D eigenvalue weighted by Gasteiger charge is -2.56. The van der Waals surface area contributed by atoms with Gasteiger partial charge in [-0.2, -0.15) is 0 Å². The Balaban J connectivity index is 1.31. The Morgan fingerprint density at radius 2 is 1.83 bits per heavy atom. The molecule has 126 valence electrons. The number of halogens is 1. The molecule has 4 bridgehead atoms. The van der Waals surface area contributed by atoms with Crippen LogP contribution in [0.25, 0.3) is 5.65 Å². The van der Waals surface area contributed by atoms with Crippen molar-refractivity contribution in [2.75, 3.05) is 0 Å². The van der Waals surface area contributed by atoms with Gasteiger partial charge in [0.05, 0.1) is 12.1 Å². The van der Waals surface area contributed by atoms with Gasteiger partial charge in [0.25, 0.3) is 0 Å². The second-order valence-electron chi connectivity index (χ2n) is 8.27. The summed E-state index contributed by atoms with van der Waals surface area (Å²) in [4.78, 5) is 17.0. The predicted octanol–water partition coefficient (Wildman–Crippen LogP) is 3.10. The first-order valence-electron chi connectivity index (χ1n) is 9.01. The fraction of sp³-hybridized carbons (Fsp3) is 0.579. The molecule has 0 spiro atoms. The fourth-order valence-corrected chi connectivity index (χ4v) is 5.87. The van der Waals surface area contributed by atoms with Crippen molar-refractivity contribution in [2.24, 2.45) is 17.8 Å². The highest BCUT2D eigenvalue weighted by atomic mass is 19.1. The van der Waals surface area contributed by atoms with Crippen LogP contribution in [0.15, 0.2) is 24.5 Å². The van der Waals surface area contributed by atoms with Gasteiger partial charge >= 0.3 is 0 Å². The molecule has 0 atom stereocenters. The molecule has 0 saturated heterocycles. The van der Waals surface area contributed by atoms with Crippen LogP contribution in [0.3, 0.4) is 0 Å². The van der Waals surface area contributed by atoms with Gasteiger partial charge in [0.15, 0.2) is 0 Å². The highest BCUT2D eigenvalue weighted by molar-refractivity contribution is 5.79. The van der Waals surface area contributed by atoms with Crippen LogP contribution in [0.4, 0.5) is 4.39 Å². The molecule has 0 unspecified atom stereocenters. The second-order valence-corrected chi connectivity index (χ2v) is 8.27. The molecular weight excluding hydrogens is 305 g/mol. The summed E-state index contributed by atoms with van der Waals surface area (Å²) in [5.41, 5.74) is 1.41. The molecule has 24 heavy (non-hydrogen) atoms. The van der Waals surface area contributed by atoms with Crippen molar-refractivity contribution in [1.29, 1.82) is 0 Å². The molecule has 4 saturated carbocycles. The molecule has 5 heteroatoms. The number of nitrogens with one attached hydrogen (secondary N) is 1. The van der Waals surface area contributed by atoms with Gasteiger partial charge in [0.2, 0.25) is 5.91 Å². The van der Waals surface area contributed by atoms with Crippen LogP contribution in [-0.4, -0.2) is 20.8 Å². The lowest BCUT2D eigenvalue weighted by atomic mass is 9.53. The average molecular weight is 327 g/mol. The zero-order valence-electron chi connectivity index (χ0n) is 13.7. The molecule has 1 amide bonds. The number of rotatable bonds is 3. The fourth-order valence-electron chi connectivity index (χ4n) is 5.87. The van der Waals surface area contributed by atoms with E-state index in [4.69, 9.17) is 0 Å². The van der Waals surface area contributed by atoms with E-state index in [0.29, 0.717) is 11.3 Å². The predicted molar refractivity (Wildman–Crippen MR) is 87.9 cm³/mol. The summed E-state index contributed by atoms with van der Waals surface area (Å²) < 4.78 is 14.9. The van der Waals surface area contributed by atoms with Gasteiger partial charge in [-0.05, 0) is 68.4 Å². The lowest BCUT2D eigenvalue weighted by Crippen LogP contribution is -2.60. The number of nitrogens with zero attached hydrogens (tertiary/aromatic N) is 2. The number of fused-ring (bicyclic) bond motifs is 1. The van der Waals surface area contributed by atoms with Crippen LogP contribution in [-0.2, 0) is 11.2 Å². The molecule has 1 N–H and O–H groups in total. The van der Waals surface area contributed by atoms with Crippen molar-refractivity contribution >= 4 is 11.6 Å². The molecule has 4 aliphatic carbocycles. The zero-order valence-corrected chi connectivity index (χ0v) is 13.7. The minimum absolute atomic E-state index is 0.0388. The van der Waals surface area contributed by atoms with Crippen LogP contribution < -0.4 is 5.32 Å². The summed E-state index contributed by atoms with van der Waals surface area (Å²) in [7, 11) is 0. The van der Waals surface area contributed by atoms with Crippen LogP contribution >= 0.6 is 0 Å². The third-order valence-corrected chi connectivity index (χ3v) is 6.25. The van der Waals surface area contributed by atoms with Crippen LogP contribution in [0.2, 0.25) is 0 Å². The van der Waals surface area contributed by atoms with Crippen molar-refractivity contribution in [3.05, 3.63) is 36.0 Å². The molecule has 4 nitrogen and oxygen atoms in total. The summed E-state index contributed by atoms with van der Waals surface area (Å²) in [6.45, 7) is 0. The Hall–Kier alpha value is -1.91. The highest BCUT2D eigenvalue weighted by Gasteiger charge is 2.51. The molecular formula is C19H22FN3O. The molecule has 4 aliphatic rings. The first-order valence-corrected chi connectivity index (χ1v) is 9.01. The van der Waals surface area contributed by atoms with Gasteiger partial charge in [-0.25, -0.2) is 9.37 Å². The number of carbonyl (C=O) groups is 1. The van der Waals surface area contributed by atoms with E-state index in [1.807, 2.05) is 0 Å². The van der Waals surface area contributed by atoms with Gasteiger partial charge in [-0.3, -0.25) is 4.79 Å². The summed E-state index contributed by atoms with van der Waals surface area (Å²) in [6.07, 6.45) is 11.0. The van der Waals surface area contributed by atoms with E-state index < -0.39 is 0 Å². The maximum Gasteiger partial charge on any atom is 0.226 e. The zero-order chi connectivity index (χ0) is 16.3. The number of amides is 1. The number of hydrogen-bond acceptors (Lipinski definition) is 2. The maximum atomic E-state index is 13.3. The van der Waals surface area contributed by atoms with Crippen LogP contribution in [0.1, 0.15) is 44.2 Å². The SMILES string of the molecule is O=C(Cc1cn2cc(F)ccc2n1)NC12CC3CC(CC(C3)C1)C2. The largest absolute Gasteiger partial charge is 0.350 e. The third-order valence-electron chi connectivity index (χ3n) is 6.25. The molecule has 4 fully saturated rings. The first-order chi connectivity index (χ1) is 11.6. The molecule has 2 aromatic rings. The molecule has 6 rings (SSSR count). The van der Waals surface area contributed by atoms with Crippen LogP contribution in [0, 0.1) is 23.6 Å². The third kappa shape index (κ3) is 2.41. The molecule has 2 aromatic heterocycles. The Morgan fingerprint density at radius 1 is 1.17 bits per heavy atom. The van der Waals surface area contributed by atoms with Gasteiger partial charge in [-0.15, -0.1) is 0 Å². The summed E-state index contributed by atoms with van der Waals surface area (Å²) in [5, 5.41) is 3.37. The molecule has 0 aliphatic heterocycles. The van der Waals surface area contributed by atoms with Crippen LogP contribution in [0.5, 0.6) is 0 Å². The number of imidazole rings is 1. The van der Waals surface area contributed by atoms with E-state index >= 15 is 0 Å². The average Bonchev–Trinajstić information content (AvgIpc) is 2.85. The Morgan fingerprint density at radius 3 is 2.50 bits per heavy atom. The Labute approximate surface area is 140 Å². The van der Waals surface area contributed by atoms with Crippen molar-refractivity contribution in [3.8, 4) is 0 Å². The first kappa shape index (κ1) is 14.4. The maximum absolute atomic E-state index is 13.3. The van der Waals surface area contributed by atoms with E-state index in [2.05, 4.69) is 10.3 Å². The van der Waals surface area contributed by atoms with Gasteiger partial charge in [-0.1, -0.05) is 0 Å². The second kappa shape index (κ2) is 5.04. The van der Waals surface area contributed by atoms with E-state index in [-0.39, 0.29) is 23.7 Å². The van der Waals surface area contributed by atoms with Gasteiger partial charge in [0, 0.05) is 17.9 Å². The van der Waals surface area contributed by atoms with Gasteiger partial charge in [0.1, 0.15) is 11.5 Å². The van der Waals surface area contributed by atoms with Crippen molar-refractivity contribution in [2.45, 2.75) is 50.5 Å². The number of carbonyl (C=O) groups excluding carboxylic acids is 1. The Kier molecular flexibility index (Phi) is 3.03. The summed E-state index contributed by atoms with van der Waals surface area (Å²) >= 11 is 0. The van der Waals surface area contributed by atoms with Crippen molar-refractivity contribution in [1.82, 2.24) is 14.7 Å². The number of hydrogen-bond donors (Lipinski definition) is 1. The van der Waals surface area contributed by atoms with Crippen molar-refractivity contribution in [3.63, 3.8) is 0 Å². The molecule has 0 radical (unpaired) electrons. The van der Waals surface area contributed by atoms with E-state index in [1.54, 1.807) is 16.7 Å². The quantitative estimate of drug-likeness (QED) is 0.941. The molecule has 2 heterocycles.